The number of fused-ring (bicyclic) bond motifs is 2. The van der Waals surface area contributed by atoms with E-state index in [0.717, 1.165) is 0 Å². The Kier molecular flexibility index (Phi) is 4.72. The SMILES string of the molecule is O=C(O)c1cccc(C(=O)O)c1C1c2cc(Cl)c(O)cc2Oc2cc(O)c(Cl)cc21. The van der Waals surface area contributed by atoms with E-state index in [1.54, 1.807) is 0 Å². The largest absolute Gasteiger partial charge is 0.506 e. The molecule has 0 atom stereocenters. The van der Waals surface area contributed by atoms with Crippen molar-refractivity contribution in [3.63, 3.8) is 0 Å². The van der Waals surface area contributed by atoms with Gasteiger partial charge in [-0.15, -0.1) is 0 Å². The molecule has 0 fully saturated rings. The van der Waals surface area contributed by atoms with Crippen molar-refractivity contribution in [3.05, 3.63) is 80.3 Å². The molecule has 0 aromatic heterocycles. The van der Waals surface area contributed by atoms with Gasteiger partial charge in [-0.2, -0.15) is 0 Å². The lowest BCUT2D eigenvalue weighted by Crippen LogP contribution is -2.19. The monoisotopic (exact) mass is 446 g/mol. The number of ether oxygens (including phenoxy) is 1. The maximum atomic E-state index is 11.9. The highest BCUT2D eigenvalue weighted by atomic mass is 35.5. The van der Waals surface area contributed by atoms with Crippen LogP contribution in [0.25, 0.3) is 0 Å². The van der Waals surface area contributed by atoms with Crippen LogP contribution in [0.2, 0.25) is 10.0 Å². The summed E-state index contributed by atoms with van der Waals surface area (Å²) in [6, 6.07) is 9.17. The second-order valence-corrected chi connectivity index (χ2v) is 7.41. The van der Waals surface area contributed by atoms with Gasteiger partial charge in [0.2, 0.25) is 0 Å². The van der Waals surface area contributed by atoms with Gasteiger partial charge in [0.05, 0.1) is 21.2 Å². The molecule has 3 aromatic rings. The molecule has 30 heavy (non-hydrogen) atoms. The number of hydrogen-bond acceptors (Lipinski definition) is 5. The lowest BCUT2D eigenvalue weighted by Gasteiger charge is -2.31. The van der Waals surface area contributed by atoms with Crippen molar-refractivity contribution in [2.75, 3.05) is 0 Å². The van der Waals surface area contributed by atoms with Gasteiger partial charge in [-0.3, -0.25) is 0 Å². The van der Waals surface area contributed by atoms with Gasteiger partial charge in [-0.05, 0) is 29.8 Å². The predicted molar refractivity (Wildman–Crippen MR) is 108 cm³/mol. The molecular weight excluding hydrogens is 435 g/mol. The van der Waals surface area contributed by atoms with Gasteiger partial charge in [0.15, 0.2) is 0 Å². The highest BCUT2D eigenvalue weighted by molar-refractivity contribution is 6.32. The van der Waals surface area contributed by atoms with E-state index < -0.39 is 17.9 Å². The van der Waals surface area contributed by atoms with Crippen LogP contribution in [0.1, 0.15) is 43.3 Å². The number of hydrogen-bond donors (Lipinski definition) is 4. The number of benzene rings is 3. The topological polar surface area (TPSA) is 124 Å². The zero-order valence-corrected chi connectivity index (χ0v) is 16.4. The molecule has 7 nitrogen and oxygen atoms in total. The number of aromatic carboxylic acids is 2. The summed E-state index contributed by atoms with van der Waals surface area (Å²) >= 11 is 12.2. The quantitative estimate of drug-likeness (QED) is 0.345. The highest BCUT2D eigenvalue weighted by Gasteiger charge is 2.36. The Balaban J connectivity index is 2.14. The van der Waals surface area contributed by atoms with Crippen molar-refractivity contribution < 1.29 is 34.8 Å². The Morgan fingerprint density at radius 1 is 0.800 bits per heavy atom. The van der Waals surface area contributed by atoms with Gasteiger partial charge in [0.1, 0.15) is 23.0 Å². The standard InChI is InChI=1S/C21H12Cl2O7/c22-12-4-10-16(6-14(12)24)30-17-7-15(25)13(23)5-11(17)19(10)18-8(20(26)27)2-1-3-9(18)21(28)29/h1-7,19,24-25H,(H,26,27)(H,28,29). The molecule has 0 saturated carbocycles. The Labute approximate surface area is 179 Å². The summed E-state index contributed by atoms with van der Waals surface area (Å²) in [5.74, 6) is -3.89. The molecule has 9 heteroatoms. The fraction of sp³-hybridized carbons (Fsp3) is 0.0476. The highest BCUT2D eigenvalue weighted by Crippen LogP contribution is 2.52. The normalized spacial score (nSPS) is 12.6. The maximum Gasteiger partial charge on any atom is 0.336 e. The molecule has 0 aliphatic carbocycles. The maximum absolute atomic E-state index is 11.9. The molecule has 1 aliphatic rings. The lowest BCUT2D eigenvalue weighted by atomic mass is 9.78. The Morgan fingerprint density at radius 2 is 1.23 bits per heavy atom. The van der Waals surface area contributed by atoms with E-state index in [0.29, 0.717) is 11.1 Å². The van der Waals surface area contributed by atoms with Gasteiger partial charge < -0.3 is 25.2 Å². The Bertz CT molecular complexity index is 1150. The van der Waals surface area contributed by atoms with Crippen molar-refractivity contribution in [1.82, 2.24) is 0 Å². The van der Waals surface area contributed by atoms with Crippen LogP contribution in [0, 0.1) is 0 Å². The second kappa shape index (κ2) is 7.12. The van der Waals surface area contributed by atoms with Crippen LogP contribution >= 0.6 is 23.2 Å². The summed E-state index contributed by atoms with van der Waals surface area (Å²) in [6.07, 6.45) is 0. The summed E-state index contributed by atoms with van der Waals surface area (Å²) in [5.41, 5.74) is 0.206. The number of rotatable bonds is 3. The van der Waals surface area contributed by atoms with E-state index in [1.165, 1.54) is 42.5 Å². The Morgan fingerprint density at radius 3 is 1.63 bits per heavy atom. The first-order valence-electron chi connectivity index (χ1n) is 8.51. The van der Waals surface area contributed by atoms with E-state index in [1.807, 2.05) is 0 Å². The number of phenolic OH excluding ortho intramolecular Hbond substituents is 2. The van der Waals surface area contributed by atoms with Crippen LogP contribution in [0.3, 0.4) is 0 Å². The van der Waals surface area contributed by atoms with Crippen molar-refractivity contribution in [2.24, 2.45) is 0 Å². The molecule has 3 aromatic carbocycles. The average Bonchev–Trinajstić information content (AvgIpc) is 2.68. The number of carbonyl (C=O) groups is 2. The number of aromatic hydroxyl groups is 2. The minimum absolute atomic E-state index is 0.00758. The smallest absolute Gasteiger partial charge is 0.336 e. The van der Waals surface area contributed by atoms with Gasteiger partial charge >= 0.3 is 11.9 Å². The molecule has 152 valence electrons. The first-order chi connectivity index (χ1) is 14.2. The summed E-state index contributed by atoms with van der Waals surface area (Å²) in [4.78, 5) is 23.9. The van der Waals surface area contributed by atoms with Gasteiger partial charge in [0, 0.05) is 29.2 Å². The van der Waals surface area contributed by atoms with Gasteiger partial charge in [-0.25, -0.2) is 9.59 Å². The number of halogens is 2. The fourth-order valence-corrected chi connectivity index (χ4v) is 3.93. The second-order valence-electron chi connectivity index (χ2n) is 6.60. The summed E-state index contributed by atoms with van der Waals surface area (Å²) in [5, 5.41) is 39.4. The van der Waals surface area contributed by atoms with E-state index in [-0.39, 0.29) is 49.7 Å². The Hall–Kier alpha value is -3.42. The minimum atomic E-state index is -1.32. The number of carboxylic acids is 2. The molecule has 4 N–H and O–H groups in total. The van der Waals surface area contributed by atoms with Crippen molar-refractivity contribution >= 4 is 35.1 Å². The number of phenols is 2. The van der Waals surface area contributed by atoms with Crippen LogP contribution < -0.4 is 4.74 Å². The first-order valence-corrected chi connectivity index (χ1v) is 9.26. The van der Waals surface area contributed by atoms with Crippen molar-refractivity contribution in [1.29, 1.82) is 0 Å². The van der Waals surface area contributed by atoms with Gasteiger partial charge in [0.25, 0.3) is 0 Å². The van der Waals surface area contributed by atoms with E-state index in [4.69, 9.17) is 27.9 Å². The molecule has 0 unspecified atom stereocenters. The van der Waals surface area contributed by atoms with Crippen LogP contribution in [-0.2, 0) is 0 Å². The molecule has 0 radical (unpaired) electrons. The zero-order valence-electron chi connectivity index (χ0n) is 14.9. The lowest BCUT2D eigenvalue weighted by molar-refractivity contribution is 0.0695. The third-order valence-electron chi connectivity index (χ3n) is 4.86. The molecule has 0 bridgehead atoms. The molecule has 0 spiro atoms. The minimum Gasteiger partial charge on any atom is -0.506 e. The average molecular weight is 447 g/mol. The molecule has 1 aliphatic heterocycles. The fourth-order valence-electron chi connectivity index (χ4n) is 3.59. The van der Waals surface area contributed by atoms with Crippen molar-refractivity contribution in [3.8, 4) is 23.0 Å². The van der Waals surface area contributed by atoms with Crippen LogP contribution in [0.15, 0.2) is 42.5 Å². The molecule has 0 saturated heterocycles. The van der Waals surface area contributed by atoms with Crippen LogP contribution in [-0.4, -0.2) is 32.4 Å². The first kappa shape index (κ1) is 19.9. The third-order valence-corrected chi connectivity index (χ3v) is 5.46. The molecular formula is C21H12Cl2O7. The van der Waals surface area contributed by atoms with E-state index >= 15 is 0 Å². The molecule has 4 rings (SSSR count). The predicted octanol–water partition coefficient (Wildman–Crippen LogP) is 5.09. The van der Waals surface area contributed by atoms with Gasteiger partial charge in [-0.1, -0.05) is 29.3 Å². The summed E-state index contributed by atoms with van der Waals surface area (Å²) < 4.78 is 5.77. The van der Waals surface area contributed by atoms with E-state index in [2.05, 4.69) is 0 Å². The molecule has 0 amide bonds. The molecule has 1 heterocycles. The summed E-state index contributed by atoms with van der Waals surface area (Å²) in [6.45, 7) is 0. The summed E-state index contributed by atoms with van der Waals surface area (Å²) in [7, 11) is 0. The van der Waals surface area contributed by atoms with E-state index in [9.17, 15) is 30.0 Å². The van der Waals surface area contributed by atoms with Crippen LogP contribution in [0.5, 0.6) is 23.0 Å². The third kappa shape index (κ3) is 3.08. The van der Waals surface area contributed by atoms with Crippen molar-refractivity contribution in [2.45, 2.75) is 5.92 Å². The number of carboxylic acid groups (broad SMARTS) is 2. The zero-order chi connectivity index (χ0) is 21.7. The van der Waals surface area contributed by atoms with Crippen LogP contribution in [0.4, 0.5) is 0 Å².